The zero-order chi connectivity index (χ0) is 28.5. The van der Waals surface area contributed by atoms with Gasteiger partial charge >= 0.3 is 6.18 Å². The summed E-state index contributed by atoms with van der Waals surface area (Å²) in [6.07, 6.45) is -1.76. The van der Waals surface area contributed by atoms with Crippen molar-refractivity contribution in [2.75, 3.05) is 19.3 Å². The summed E-state index contributed by atoms with van der Waals surface area (Å²) in [6.45, 7) is 3.65. The Morgan fingerprint density at radius 1 is 0.949 bits per heavy atom. The van der Waals surface area contributed by atoms with Crippen LogP contribution in [0.15, 0.2) is 66.7 Å². The van der Waals surface area contributed by atoms with Gasteiger partial charge in [-0.05, 0) is 90.0 Å². The van der Waals surface area contributed by atoms with Crippen molar-refractivity contribution in [3.63, 3.8) is 0 Å². The minimum Gasteiger partial charge on any atom is -0.368 e. The van der Waals surface area contributed by atoms with Crippen molar-refractivity contribution in [3.05, 3.63) is 94.8 Å². The number of amides is 1. The van der Waals surface area contributed by atoms with Crippen LogP contribution in [-0.4, -0.2) is 38.6 Å². The molecular weight excluding hydrogens is 532 g/mol. The second-order valence-corrected chi connectivity index (χ2v) is 12.3. The molecule has 2 unspecified atom stereocenters. The number of carbonyl (C=O) groups excluding carboxylic acids is 1. The Bertz CT molecular complexity index is 1430. The van der Waals surface area contributed by atoms with Gasteiger partial charge in [0.25, 0.3) is 0 Å². The molecule has 0 saturated carbocycles. The number of carbonyl (C=O) groups is 1. The van der Waals surface area contributed by atoms with E-state index in [1.54, 1.807) is 18.2 Å². The van der Waals surface area contributed by atoms with Crippen LogP contribution < -0.4 is 5.73 Å². The van der Waals surface area contributed by atoms with Gasteiger partial charge in [-0.25, -0.2) is 12.8 Å². The largest absolute Gasteiger partial charge is 0.416 e. The zero-order valence-electron chi connectivity index (χ0n) is 21.6. The van der Waals surface area contributed by atoms with Crippen molar-refractivity contribution in [1.82, 2.24) is 4.90 Å². The molecule has 2 atom stereocenters. The molecule has 1 fully saturated rings. The maximum absolute atomic E-state index is 13.8. The number of primary amides is 1. The maximum atomic E-state index is 13.8. The minimum absolute atomic E-state index is 0.119. The van der Waals surface area contributed by atoms with Crippen LogP contribution in [0.3, 0.4) is 0 Å². The van der Waals surface area contributed by atoms with Gasteiger partial charge in [0.15, 0.2) is 15.1 Å². The number of nitrogens with zero attached hydrogens (tertiary/aromatic N) is 1. The number of hydrogen-bond donors (Lipinski definition) is 1. The summed E-state index contributed by atoms with van der Waals surface area (Å²) < 4.78 is 78.6. The van der Waals surface area contributed by atoms with Gasteiger partial charge in [-0.1, -0.05) is 43.3 Å². The summed E-state index contributed by atoms with van der Waals surface area (Å²) in [4.78, 5) is 14.4. The van der Waals surface area contributed by atoms with E-state index < -0.39 is 44.6 Å². The van der Waals surface area contributed by atoms with Gasteiger partial charge in [-0.3, -0.25) is 9.69 Å². The molecule has 0 radical (unpaired) electrons. The number of benzene rings is 3. The van der Waals surface area contributed by atoms with Crippen molar-refractivity contribution in [2.45, 2.75) is 37.2 Å². The lowest BCUT2D eigenvalue weighted by Crippen LogP contribution is -2.37. The lowest BCUT2D eigenvalue weighted by atomic mass is 9.86. The fourth-order valence-corrected chi connectivity index (χ4v) is 6.27. The summed E-state index contributed by atoms with van der Waals surface area (Å²) in [5.41, 5.74) is 7.10. The van der Waals surface area contributed by atoms with E-state index in [1.807, 2.05) is 0 Å². The standard InChI is InChI=1S/C29H30F4N2O3S/c1-18-13-15-35(16-14-18)26(20-5-10-23(30)11-6-20)24-12-7-21(27(28(34)36)39(2,37)38)17-25(24)19-3-8-22(9-4-19)29(31,32)33/h3-12,17-18,26-27H,13-16H2,1-2H3,(H2,34,36). The lowest BCUT2D eigenvalue weighted by Gasteiger charge is -2.38. The molecule has 1 heterocycles. The van der Waals surface area contributed by atoms with Crippen molar-refractivity contribution < 1.29 is 30.8 Å². The molecule has 208 valence electrons. The topological polar surface area (TPSA) is 80.5 Å². The number of rotatable bonds is 7. The average Bonchev–Trinajstić information content (AvgIpc) is 2.85. The molecule has 0 aromatic heterocycles. The smallest absolute Gasteiger partial charge is 0.368 e. The number of alkyl halides is 3. The van der Waals surface area contributed by atoms with E-state index in [1.165, 1.54) is 36.4 Å². The Kier molecular flexibility index (Phi) is 8.18. The molecule has 39 heavy (non-hydrogen) atoms. The molecular formula is C29H30F4N2O3S. The van der Waals surface area contributed by atoms with Gasteiger partial charge < -0.3 is 5.73 Å². The quantitative estimate of drug-likeness (QED) is 0.364. The molecule has 2 N–H and O–H groups in total. The fraction of sp³-hybridized carbons (Fsp3) is 0.345. The highest BCUT2D eigenvalue weighted by atomic mass is 32.2. The van der Waals surface area contributed by atoms with E-state index in [0.29, 0.717) is 22.6 Å². The van der Waals surface area contributed by atoms with Crippen LogP contribution in [0.25, 0.3) is 11.1 Å². The Morgan fingerprint density at radius 3 is 2.03 bits per heavy atom. The van der Waals surface area contributed by atoms with Gasteiger partial charge in [0, 0.05) is 6.26 Å². The van der Waals surface area contributed by atoms with Crippen LogP contribution in [0.4, 0.5) is 17.6 Å². The van der Waals surface area contributed by atoms with Crippen molar-refractivity contribution in [2.24, 2.45) is 11.7 Å². The molecule has 0 spiro atoms. The number of sulfone groups is 1. The molecule has 4 rings (SSSR count). The first-order valence-corrected chi connectivity index (χ1v) is 14.5. The number of nitrogens with two attached hydrogens (primary N) is 1. The molecule has 5 nitrogen and oxygen atoms in total. The van der Waals surface area contributed by atoms with Gasteiger partial charge in [-0.2, -0.15) is 13.2 Å². The molecule has 3 aromatic carbocycles. The zero-order valence-corrected chi connectivity index (χ0v) is 22.4. The maximum Gasteiger partial charge on any atom is 0.416 e. The highest BCUT2D eigenvalue weighted by Gasteiger charge is 2.33. The van der Waals surface area contributed by atoms with E-state index in [0.717, 1.165) is 49.9 Å². The third kappa shape index (κ3) is 6.50. The van der Waals surface area contributed by atoms with Crippen LogP contribution in [0.2, 0.25) is 0 Å². The highest BCUT2D eigenvalue weighted by molar-refractivity contribution is 7.91. The molecule has 1 amide bonds. The molecule has 10 heteroatoms. The molecule has 0 aliphatic carbocycles. The Morgan fingerprint density at radius 2 is 1.51 bits per heavy atom. The number of piperidine rings is 1. The molecule has 1 aliphatic rings. The van der Waals surface area contributed by atoms with Crippen LogP contribution in [0.5, 0.6) is 0 Å². The second-order valence-electron chi connectivity index (χ2n) is 10.2. The number of likely N-dealkylation sites (tertiary alicyclic amines) is 1. The van der Waals surface area contributed by atoms with Gasteiger partial charge in [-0.15, -0.1) is 0 Å². The lowest BCUT2D eigenvalue weighted by molar-refractivity contribution is -0.137. The van der Waals surface area contributed by atoms with Gasteiger partial charge in [0.2, 0.25) is 5.91 Å². The summed E-state index contributed by atoms with van der Waals surface area (Å²) >= 11 is 0. The third-order valence-corrected chi connectivity index (χ3v) is 8.61. The summed E-state index contributed by atoms with van der Waals surface area (Å²) in [7, 11) is -3.93. The Balaban J connectivity index is 1.95. The van der Waals surface area contributed by atoms with Crippen LogP contribution >= 0.6 is 0 Å². The van der Waals surface area contributed by atoms with Crippen LogP contribution in [0.1, 0.15) is 53.3 Å². The van der Waals surface area contributed by atoms with Crippen molar-refractivity contribution >= 4 is 15.7 Å². The highest BCUT2D eigenvalue weighted by Crippen LogP contribution is 2.40. The van der Waals surface area contributed by atoms with E-state index in [2.05, 4.69) is 11.8 Å². The molecule has 0 bridgehead atoms. The van der Waals surface area contributed by atoms with Crippen molar-refractivity contribution in [3.8, 4) is 11.1 Å². The Hall–Kier alpha value is -3.24. The fourth-order valence-electron chi connectivity index (χ4n) is 5.21. The number of hydrogen-bond acceptors (Lipinski definition) is 4. The number of halogens is 4. The van der Waals surface area contributed by atoms with Crippen LogP contribution in [-0.2, 0) is 20.8 Å². The van der Waals surface area contributed by atoms with Crippen LogP contribution in [0, 0.1) is 11.7 Å². The predicted molar refractivity (Wildman–Crippen MR) is 142 cm³/mol. The SMILES string of the molecule is CC1CCN(C(c2ccc(F)cc2)c2ccc(C(C(N)=O)S(C)(=O)=O)cc2-c2ccc(C(F)(F)F)cc2)CC1. The van der Waals surface area contributed by atoms with Crippen molar-refractivity contribution in [1.29, 1.82) is 0 Å². The first kappa shape index (κ1) is 28.8. The van der Waals surface area contributed by atoms with Gasteiger partial charge in [0.1, 0.15) is 5.82 Å². The summed E-state index contributed by atoms with van der Waals surface area (Å²) in [5, 5.41) is -1.63. The van der Waals surface area contributed by atoms with Gasteiger partial charge in [0.05, 0.1) is 11.6 Å². The first-order chi connectivity index (χ1) is 18.3. The monoisotopic (exact) mass is 562 g/mol. The van der Waals surface area contributed by atoms with E-state index >= 15 is 0 Å². The second kappa shape index (κ2) is 11.1. The molecule has 3 aromatic rings. The van der Waals surface area contributed by atoms with E-state index in [-0.39, 0.29) is 5.56 Å². The molecule has 1 aliphatic heterocycles. The first-order valence-electron chi connectivity index (χ1n) is 12.5. The minimum atomic E-state index is -4.53. The van der Waals surface area contributed by atoms with E-state index in [9.17, 15) is 30.8 Å². The average molecular weight is 563 g/mol. The molecule has 1 saturated heterocycles. The summed E-state index contributed by atoms with van der Waals surface area (Å²) in [5.74, 6) is -0.929. The van der Waals surface area contributed by atoms with E-state index in [4.69, 9.17) is 5.73 Å². The predicted octanol–water partition coefficient (Wildman–Crippen LogP) is 5.90. The summed E-state index contributed by atoms with van der Waals surface area (Å²) in [6, 6.07) is 15.0. The third-order valence-electron chi connectivity index (χ3n) is 7.25. The normalized spacial score (nSPS) is 17.1. The Labute approximate surface area is 225 Å².